The van der Waals surface area contributed by atoms with Crippen LogP contribution in [0.2, 0.25) is 0 Å². The van der Waals surface area contributed by atoms with E-state index >= 15 is 4.39 Å². The molecule has 1 aromatic rings. The van der Waals surface area contributed by atoms with Gasteiger partial charge < -0.3 is 9.80 Å². The van der Waals surface area contributed by atoms with Gasteiger partial charge in [-0.3, -0.25) is 4.79 Å². The molecule has 0 aliphatic carbocycles. The Kier molecular flexibility index (Phi) is 2.00. The lowest BCUT2D eigenvalue weighted by Crippen LogP contribution is -2.48. The van der Waals surface area contributed by atoms with Gasteiger partial charge in [0.25, 0.3) is 0 Å². The molecular formula is C13H15FN2O. The predicted molar refractivity (Wildman–Crippen MR) is 63.4 cm³/mol. The average molecular weight is 234 g/mol. The SMILES string of the molecule is CC(=O)N1CC[C@@]2(F)c3ccccc3N(C)[C@@H]12. The second-order valence-corrected chi connectivity index (χ2v) is 4.83. The molecular weight excluding hydrogens is 219 g/mol. The minimum Gasteiger partial charge on any atom is -0.351 e. The highest BCUT2D eigenvalue weighted by Crippen LogP contribution is 2.52. The van der Waals surface area contributed by atoms with Gasteiger partial charge in [0.1, 0.15) is 6.17 Å². The van der Waals surface area contributed by atoms with E-state index in [1.54, 1.807) is 4.90 Å². The van der Waals surface area contributed by atoms with Crippen molar-refractivity contribution in [3.05, 3.63) is 29.8 Å². The normalized spacial score (nSPS) is 30.4. The first-order valence-corrected chi connectivity index (χ1v) is 5.84. The fraction of sp³-hybridized carbons (Fsp3) is 0.462. The monoisotopic (exact) mass is 234 g/mol. The molecule has 2 aliphatic rings. The van der Waals surface area contributed by atoms with Crippen molar-refractivity contribution in [2.45, 2.75) is 25.2 Å². The van der Waals surface area contributed by atoms with E-state index in [0.717, 1.165) is 11.3 Å². The number of halogens is 1. The number of likely N-dealkylation sites (N-methyl/N-ethyl adjacent to an activating group) is 1. The molecule has 1 aromatic carbocycles. The molecule has 2 aliphatic heterocycles. The summed E-state index contributed by atoms with van der Waals surface area (Å²) in [4.78, 5) is 15.1. The van der Waals surface area contributed by atoms with Crippen LogP contribution in [0.15, 0.2) is 24.3 Å². The van der Waals surface area contributed by atoms with Crippen LogP contribution in [0.3, 0.4) is 0 Å². The molecule has 3 rings (SSSR count). The number of anilines is 1. The predicted octanol–water partition coefficient (Wildman–Crippen LogP) is 1.88. The number of benzene rings is 1. The molecule has 17 heavy (non-hydrogen) atoms. The molecule has 1 saturated heterocycles. The molecule has 0 saturated carbocycles. The van der Waals surface area contributed by atoms with Gasteiger partial charge in [0.2, 0.25) is 5.91 Å². The second kappa shape index (κ2) is 3.22. The van der Waals surface area contributed by atoms with Crippen LogP contribution in [0.1, 0.15) is 18.9 Å². The summed E-state index contributed by atoms with van der Waals surface area (Å²) in [5, 5.41) is 0. The topological polar surface area (TPSA) is 23.6 Å². The number of para-hydroxylation sites is 1. The minimum atomic E-state index is -1.41. The highest BCUT2D eigenvalue weighted by Gasteiger charge is 2.57. The largest absolute Gasteiger partial charge is 0.351 e. The fourth-order valence-electron chi connectivity index (χ4n) is 3.17. The third-order valence-corrected chi connectivity index (χ3v) is 3.92. The zero-order valence-electron chi connectivity index (χ0n) is 9.98. The van der Waals surface area contributed by atoms with Crippen molar-refractivity contribution in [1.29, 1.82) is 0 Å². The number of alkyl halides is 1. The number of rotatable bonds is 0. The van der Waals surface area contributed by atoms with Gasteiger partial charge >= 0.3 is 0 Å². The van der Waals surface area contributed by atoms with Gasteiger partial charge in [-0.1, -0.05) is 18.2 Å². The minimum absolute atomic E-state index is 0.0609. The summed E-state index contributed by atoms with van der Waals surface area (Å²) in [5.41, 5.74) is 0.207. The van der Waals surface area contributed by atoms with Gasteiger partial charge in [-0.25, -0.2) is 4.39 Å². The molecule has 1 amide bonds. The first-order valence-electron chi connectivity index (χ1n) is 5.84. The van der Waals surface area contributed by atoms with E-state index in [1.165, 1.54) is 6.92 Å². The zero-order valence-corrected chi connectivity index (χ0v) is 9.98. The maximum atomic E-state index is 15.1. The van der Waals surface area contributed by atoms with Crippen LogP contribution < -0.4 is 4.90 Å². The van der Waals surface area contributed by atoms with Gasteiger partial charge in [-0.05, 0) is 6.07 Å². The van der Waals surface area contributed by atoms with Gasteiger partial charge in [-0.2, -0.15) is 0 Å². The summed E-state index contributed by atoms with van der Waals surface area (Å²) in [7, 11) is 1.85. The number of fused-ring (bicyclic) bond motifs is 3. The Morgan fingerprint density at radius 1 is 1.47 bits per heavy atom. The maximum Gasteiger partial charge on any atom is 0.221 e. The van der Waals surface area contributed by atoms with Crippen LogP contribution in [0.4, 0.5) is 10.1 Å². The van der Waals surface area contributed by atoms with Crippen molar-refractivity contribution in [1.82, 2.24) is 4.90 Å². The molecule has 3 nitrogen and oxygen atoms in total. The second-order valence-electron chi connectivity index (χ2n) is 4.83. The summed E-state index contributed by atoms with van der Waals surface area (Å²) in [5.74, 6) is -0.0609. The van der Waals surface area contributed by atoms with Crippen molar-refractivity contribution < 1.29 is 9.18 Å². The van der Waals surface area contributed by atoms with Gasteiger partial charge in [-0.15, -0.1) is 0 Å². The van der Waals surface area contributed by atoms with Gasteiger partial charge in [0.05, 0.1) is 0 Å². The Labute approximate surface area is 99.8 Å². The molecule has 0 radical (unpaired) electrons. The molecule has 0 aromatic heterocycles. The number of hydrogen-bond donors (Lipinski definition) is 0. The number of hydrogen-bond acceptors (Lipinski definition) is 2. The smallest absolute Gasteiger partial charge is 0.221 e. The van der Waals surface area contributed by atoms with Crippen LogP contribution >= 0.6 is 0 Å². The molecule has 0 bridgehead atoms. The number of likely N-dealkylation sites (tertiary alicyclic amines) is 1. The molecule has 90 valence electrons. The summed E-state index contributed by atoms with van der Waals surface area (Å²) in [6.07, 6.45) is -0.0871. The molecule has 2 heterocycles. The van der Waals surface area contributed by atoms with Gasteiger partial charge in [0, 0.05) is 38.2 Å². The zero-order chi connectivity index (χ0) is 12.2. The third kappa shape index (κ3) is 1.18. The van der Waals surface area contributed by atoms with Crippen LogP contribution in [0, 0.1) is 0 Å². The van der Waals surface area contributed by atoms with E-state index in [1.807, 2.05) is 36.2 Å². The van der Waals surface area contributed by atoms with Crippen LogP contribution in [0.5, 0.6) is 0 Å². The molecule has 2 atom stereocenters. The van der Waals surface area contributed by atoms with E-state index in [9.17, 15) is 4.79 Å². The summed E-state index contributed by atoms with van der Waals surface area (Å²) >= 11 is 0. The summed E-state index contributed by atoms with van der Waals surface area (Å²) < 4.78 is 15.1. The van der Waals surface area contributed by atoms with Crippen molar-refractivity contribution >= 4 is 11.6 Å². The lowest BCUT2D eigenvalue weighted by Gasteiger charge is -2.31. The number of nitrogens with zero attached hydrogens (tertiary/aromatic N) is 2. The van der Waals surface area contributed by atoms with E-state index in [-0.39, 0.29) is 5.91 Å². The number of amides is 1. The highest BCUT2D eigenvalue weighted by atomic mass is 19.1. The van der Waals surface area contributed by atoms with E-state index in [2.05, 4.69) is 0 Å². The van der Waals surface area contributed by atoms with Crippen LogP contribution in [-0.2, 0) is 10.5 Å². The Morgan fingerprint density at radius 2 is 2.18 bits per heavy atom. The summed E-state index contributed by atoms with van der Waals surface area (Å²) in [6, 6.07) is 7.49. The molecule has 0 spiro atoms. The van der Waals surface area contributed by atoms with E-state index < -0.39 is 11.8 Å². The van der Waals surface area contributed by atoms with E-state index in [4.69, 9.17) is 0 Å². The Hall–Kier alpha value is -1.58. The lowest BCUT2D eigenvalue weighted by molar-refractivity contribution is -0.130. The number of carbonyl (C=O) groups is 1. The van der Waals surface area contributed by atoms with E-state index in [0.29, 0.717) is 13.0 Å². The Bertz CT molecular complexity index is 490. The molecule has 0 N–H and O–H groups in total. The van der Waals surface area contributed by atoms with Crippen LogP contribution in [-0.4, -0.2) is 30.6 Å². The molecule has 1 fully saturated rings. The molecule has 4 heteroatoms. The highest BCUT2D eigenvalue weighted by molar-refractivity contribution is 5.77. The van der Waals surface area contributed by atoms with Crippen molar-refractivity contribution in [3.8, 4) is 0 Å². The van der Waals surface area contributed by atoms with Crippen LogP contribution in [0.25, 0.3) is 0 Å². The Morgan fingerprint density at radius 3 is 2.88 bits per heavy atom. The third-order valence-electron chi connectivity index (χ3n) is 3.92. The van der Waals surface area contributed by atoms with Crippen molar-refractivity contribution in [2.24, 2.45) is 0 Å². The average Bonchev–Trinajstić information content (AvgIpc) is 2.76. The maximum absolute atomic E-state index is 15.1. The first kappa shape index (κ1) is 10.6. The van der Waals surface area contributed by atoms with Gasteiger partial charge in [0.15, 0.2) is 5.67 Å². The fourth-order valence-corrected chi connectivity index (χ4v) is 3.17. The first-order chi connectivity index (χ1) is 8.05. The standard InChI is InChI=1S/C13H15FN2O/c1-9(17)16-8-7-13(14)10-5-3-4-6-11(10)15(2)12(13)16/h3-6,12H,7-8H2,1-2H3/t12-,13+/m0/s1. The summed E-state index contributed by atoms with van der Waals surface area (Å²) in [6.45, 7) is 2.00. The van der Waals surface area contributed by atoms with Crippen molar-refractivity contribution in [2.75, 3.05) is 18.5 Å². The number of carbonyl (C=O) groups excluding carboxylic acids is 1. The Balaban J connectivity index is 2.13. The lowest BCUT2D eigenvalue weighted by atomic mass is 9.95. The molecule has 0 unspecified atom stereocenters. The quantitative estimate of drug-likeness (QED) is 0.684. The van der Waals surface area contributed by atoms with Crippen molar-refractivity contribution in [3.63, 3.8) is 0 Å².